The van der Waals surface area contributed by atoms with E-state index in [1.165, 1.54) is 20.2 Å². The molecule has 0 N–H and O–H groups in total. The normalized spacial score (nSPS) is 10.9. The summed E-state index contributed by atoms with van der Waals surface area (Å²) in [6, 6.07) is 0. The number of nitrogens with zero attached hydrogens (tertiary/aromatic N) is 1. The molecule has 0 bridgehead atoms. The topological polar surface area (TPSA) is 41.5 Å². The van der Waals surface area contributed by atoms with Gasteiger partial charge in [0.05, 0.1) is 14.1 Å². The first-order chi connectivity index (χ1) is 5.45. The lowest BCUT2D eigenvalue weighted by molar-refractivity contribution is -1.04. The van der Waals surface area contributed by atoms with Crippen molar-refractivity contribution in [1.29, 1.82) is 0 Å². The van der Waals surface area contributed by atoms with Gasteiger partial charge in [-0.15, -0.1) is 0 Å². The third-order valence-electron chi connectivity index (χ3n) is 1.00. The zero-order chi connectivity index (χ0) is 9.61. The summed E-state index contributed by atoms with van der Waals surface area (Å²) >= 11 is 0. The van der Waals surface area contributed by atoms with Crippen LogP contribution in [0.5, 0.6) is 0 Å². The molecule has 0 radical (unpaired) electrons. The summed E-state index contributed by atoms with van der Waals surface area (Å²) in [4.78, 5) is 4.03. The van der Waals surface area contributed by atoms with Crippen LogP contribution in [0.25, 0.3) is 0 Å². The minimum Gasteiger partial charge on any atom is -0.599 e. The number of hydrogen-bond donors (Lipinski definition) is 0. The average molecular weight is 173 g/mol. The van der Waals surface area contributed by atoms with Crippen LogP contribution in [-0.2, 0) is 9.57 Å². The summed E-state index contributed by atoms with van der Waals surface area (Å²) in [5.74, 6) is 0.481. The maximum atomic E-state index is 10.8. The van der Waals surface area contributed by atoms with Crippen molar-refractivity contribution in [2.24, 2.45) is 0 Å². The largest absolute Gasteiger partial charge is 0.599 e. The van der Waals surface area contributed by atoms with Crippen LogP contribution in [0, 0.1) is 5.21 Å². The van der Waals surface area contributed by atoms with Gasteiger partial charge in [0, 0.05) is 0 Å². The van der Waals surface area contributed by atoms with Crippen LogP contribution in [0.4, 0.5) is 0 Å². The van der Waals surface area contributed by atoms with E-state index in [-0.39, 0.29) is 6.61 Å². The zero-order valence-electron chi connectivity index (χ0n) is 7.58. The molecule has 0 rings (SSSR count). The molecule has 0 aromatic rings. The summed E-state index contributed by atoms with van der Waals surface area (Å²) in [6.07, 6.45) is 1.50. The molecule has 4 heteroatoms. The van der Waals surface area contributed by atoms with Gasteiger partial charge in [0.2, 0.25) is 0 Å². The highest BCUT2D eigenvalue weighted by molar-refractivity contribution is 5.01. The highest BCUT2D eigenvalue weighted by Crippen LogP contribution is 1.96. The van der Waals surface area contributed by atoms with Gasteiger partial charge >= 0.3 is 0 Å². The number of hydrogen-bond acceptors (Lipinski definition) is 3. The fraction of sp³-hybridized carbons (Fsp3) is 0.500. The molecule has 0 unspecified atom stereocenters. The third kappa shape index (κ3) is 7.27. The van der Waals surface area contributed by atoms with Crippen LogP contribution in [0.15, 0.2) is 25.0 Å². The maximum Gasteiger partial charge on any atom is 0.140 e. The molecular weight excluding hydrogens is 158 g/mol. The second kappa shape index (κ2) is 4.92. The average Bonchev–Trinajstić information content (AvgIpc) is 1.96. The summed E-state index contributed by atoms with van der Waals surface area (Å²) < 4.78 is 5.00. The Balaban J connectivity index is 3.34. The Morgan fingerprint density at radius 3 is 2.50 bits per heavy atom. The molecule has 4 nitrogen and oxygen atoms in total. The summed E-state index contributed by atoms with van der Waals surface area (Å²) in [5.41, 5.74) is 0. The number of hydroxylamine groups is 4. The predicted octanol–water partition coefficient (Wildman–Crippen LogP) is 1.21. The van der Waals surface area contributed by atoms with Crippen LogP contribution in [0.2, 0.25) is 0 Å². The van der Waals surface area contributed by atoms with Gasteiger partial charge in [0.25, 0.3) is 0 Å². The van der Waals surface area contributed by atoms with Crippen molar-refractivity contribution in [2.45, 2.75) is 0 Å². The minimum atomic E-state index is -0.774. The predicted molar refractivity (Wildman–Crippen MR) is 46.7 cm³/mol. The minimum absolute atomic E-state index is 0.239. The Hall–Kier alpha value is -0.840. The molecule has 0 aliphatic rings. The first-order valence-electron chi connectivity index (χ1n) is 3.59. The highest BCUT2D eigenvalue weighted by atomic mass is 16.9. The van der Waals surface area contributed by atoms with Crippen molar-refractivity contribution < 1.29 is 14.4 Å². The number of rotatable bonds is 6. The summed E-state index contributed by atoms with van der Waals surface area (Å²) in [6.45, 7) is 7.54. The summed E-state index contributed by atoms with van der Waals surface area (Å²) in [7, 11) is 2.78. The molecule has 0 atom stereocenters. The summed E-state index contributed by atoms with van der Waals surface area (Å²) in [5, 5.41) is 10.8. The molecular formula is C8H15NO3. The van der Waals surface area contributed by atoms with Gasteiger partial charge in [-0.3, -0.25) is 0 Å². The lowest BCUT2D eigenvalue weighted by atomic mass is 10.5. The van der Waals surface area contributed by atoms with Crippen LogP contribution in [0.1, 0.15) is 0 Å². The van der Waals surface area contributed by atoms with Crippen molar-refractivity contribution in [3.63, 3.8) is 0 Å². The van der Waals surface area contributed by atoms with E-state index >= 15 is 0 Å². The van der Waals surface area contributed by atoms with Gasteiger partial charge in [-0.05, 0) is 6.08 Å². The first-order valence-corrected chi connectivity index (χ1v) is 3.59. The molecule has 0 fully saturated rings. The van der Waals surface area contributed by atoms with Gasteiger partial charge in [-0.2, -0.15) is 4.84 Å². The van der Waals surface area contributed by atoms with E-state index in [0.29, 0.717) is 12.4 Å². The van der Waals surface area contributed by atoms with E-state index in [9.17, 15) is 5.21 Å². The molecule has 70 valence electrons. The number of ether oxygens (including phenoxy) is 1. The van der Waals surface area contributed by atoms with E-state index in [0.717, 1.165) is 0 Å². The molecule has 0 saturated carbocycles. The van der Waals surface area contributed by atoms with Gasteiger partial charge in [0.1, 0.15) is 19.0 Å². The Morgan fingerprint density at radius 1 is 1.50 bits per heavy atom. The fourth-order valence-electron chi connectivity index (χ4n) is 0.489. The van der Waals surface area contributed by atoms with Crippen LogP contribution < -0.4 is 0 Å². The van der Waals surface area contributed by atoms with Crippen LogP contribution in [-0.4, -0.2) is 32.1 Å². The first kappa shape index (κ1) is 11.2. The molecule has 0 saturated heterocycles. The number of allylic oxidation sites excluding steroid dienone is 1. The van der Waals surface area contributed by atoms with Crippen molar-refractivity contribution in [2.75, 3.05) is 27.3 Å². The van der Waals surface area contributed by atoms with Crippen molar-refractivity contribution in [1.82, 2.24) is 0 Å². The number of quaternary nitrogens is 1. The lowest BCUT2D eigenvalue weighted by Gasteiger charge is -2.29. The zero-order valence-corrected chi connectivity index (χ0v) is 7.58. The van der Waals surface area contributed by atoms with Gasteiger partial charge in [-0.25, -0.2) is 4.81 Å². The molecule has 12 heavy (non-hydrogen) atoms. The van der Waals surface area contributed by atoms with E-state index in [4.69, 9.17) is 9.57 Å². The third-order valence-corrected chi connectivity index (χ3v) is 1.00. The Morgan fingerprint density at radius 2 is 2.08 bits per heavy atom. The molecule has 0 heterocycles. The molecule has 0 aromatic carbocycles. The Bertz CT molecular complexity index is 160. The second-order valence-corrected chi connectivity index (χ2v) is 2.60. The van der Waals surface area contributed by atoms with E-state index in [2.05, 4.69) is 13.2 Å². The van der Waals surface area contributed by atoms with Gasteiger partial charge in [0.15, 0.2) is 0 Å². The van der Waals surface area contributed by atoms with Gasteiger partial charge < -0.3 is 9.94 Å². The van der Waals surface area contributed by atoms with Crippen LogP contribution in [0.3, 0.4) is 0 Å². The fourth-order valence-corrected chi connectivity index (χ4v) is 0.489. The van der Waals surface area contributed by atoms with E-state index < -0.39 is 4.81 Å². The van der Waals surface area contributed by atoms with Crippen molar-refractivity contribution in [3.05, 3.63) is 30.2 Å². The monoisotopic (exact) mass is 173 g/mol. The SMILES string of the molecule is C=CC(=C)OCCO[N+](C)(C)[O-]. The Labute approximate surface area is 72.8 Å². The Kier molecular flexibility index (Phi) is 4.58. The van der Waals surface area contributed by atoms with Crippen molar-refractivity contribution in [3.8, 4) is 0 Å². The standard InChI is InChI=1S/C8H15NO3/c1-5-8(2)11-6-7-12-9(3,4)10/h5H,1-2,6-7H2,3-4H3. The van der Waals surface area contributed by atoms with E-state index in [1.54, 1.807) is 0 Å². The molecule has 0 aromatic heterocycles. The molecule has 0 spiro atoms. The molecule has 0 amide bonds. The van der Waals surface area contributed by atoms with Crippen molar-refractivity contribution >= 4 is 0 Å². The lowest BCUT2D eigenvalue weighted by Crippen LogP contribution is -2.33. The smallest absolute Gasteiger partial charge is 0.140 e. The van der Waals surface area contributed by atoms with E-state index in [1.807, 2.05) is 0 Å². The second-order valence-electron chi connectivity index (χ2n) is 2.60. The quantitative estimate of drug-likeness (QED) is 0.199. The molecule has 0 aliphatic heterocycles. The van der Waals surface area contributed by atoms with Crippen LogP contribution >= 0.6 is 0 Å². The van der Waals surface area contributed by atoms with Gasteiger partial charge in [-0.1, -0.05) is 13.2 Å². The molecule has 0 aliphatic carbocycles. The maximum absolute atomic E-state index is 10.8. The highest BCUT2D eigenvalue weighted by Gasteiger charge is 2.01.